The van der Waals surface area contributed by atoms with Gasteiger partial charge in [-0.2, -0.15) is 0 Å². The number of carbonyl (C=O) groups is 1. The monoisotopic (exact) mass is 399 g/mol. The first-order valence-corrected chi connectivity index (χ1v) is 9.70. The first-order valence-electron chi connectivity index (χ1n) is 9.70. The van der Waals surface area contributed by atoms with Crippen LogP contribution in [0.5, 0.6) is 0 Å². The Hall–Kier alpha value is -2.29. The van der Waals surface area contributed by atoms with Crippen molar-refractivity contribution in [1.82, 2.24) is 5.32 Å². The van der Waals surface area contributed by atoms with Crippen LogP contribution in [0.25, 0.3) is 0 Å². The molecule has 6 atom stereocenters. The first kappa shape index (κ1) is 20.0. The molecule has 4 rings (SSSR count). The van der Waals surface area contributed by atoms with Crippen LogP contribution in [0.1, 0.15) is 24.3 Å². The van der Waals surface area contributed by atoms with Crippen molar-refractivity contribution >= 4 is 5.91 Å². The number of ether oxygens (including phenoxy) is 4. The van der Waals surface area contributed by atoms with E-state index in [9.17, 15) is 9.90 Å². The molecule has 0 saturated carbocycles. The van der Waals surface area contributed by atoms with Crippen molar-refractivity contribution in [2.24, 2.45) is 0 Å². The van der Waals surface area contributed by atoms with Gasteiger partial charge in [-0.25, -0.2) is 0 Å². The maximum Gasteiger partial charge on any atom is 0.217 e. The summed E-state index contributed by atoms with van der Waals surface area (Å²) in [4.78, 5) is 11.7. The molecule has 29 heavy (non-hydrogen) atoms. The van der Waals surface area contributed by atoms with Crippen LogP contribution in [-0.4, -0.2) is 48.3 Å². The highest BCUT2D eigenvalue weighted by atomic mass is 16.7. The van der Waals surface area contributed by atoms with Crippen molar-refractivity contribution < 1.29 is 28.8 Å². The van der Waals surface area contributed by atoms with Crippen LogP contribution in [0.2, 0.25) is 0 Å². The van der Waals surface area contributed by atoms with E-state index in [1.165, 1.54) is 6.92 Å². The van der Waals surface area contributed by atoms with E-state index in [1.807, 2.05) is 60.7 Å². The Bertz CT molecular complexity index is 801. The number of fused-ring (bicyclic) bond motifs is 1. The van der Waals surface area contributed by atoms with Crippen LogP contribution in [0.4, 0.5) is 0 Å². The molecule has 1 amide bonds. The minimum Gasteiger partial charge on any atom is -0.388 e. The minimum atomic E-state index is -1.01. The highest BCUT2D eigenvalue weighted by Crippen LogP contribution is 2.34. The van der Waals surface area contributed by atoms with Gasteiger partial charge in [0.1, 0.15) is 24.4 Å². The Balaban J connectivity index is 1.48. The lowest BCUT2D eigenvalue weighted by molar-refractivity contribution is -0.345. The van der Waals surface area contributed by atoms with Gasteiger partial charge in [0.15, 0.2) is 12.6 Å². The average molecular weight is 399 g/mol. The second-order valence-electron chi connectivity index (χ2n) is 7.23. The third-order valence-electron chi connectivity index (χ3n) is 5.06. The number of aliphatic hydroxyl groups is 1. The summed E-state index contributed by atoms with van der Waals surface area (Å²) < 4.78 is 23.8. The zero-order valence-electron chi connectivity index (χ0n) is 16.1. The summed E-state index contributed by atoms with van der Waals surface area (Å²) in [5, 5.41) is 13.7. The van der Waals surface area contributed by atoms with Crippen molar-refractivity contribution in [2.45, 2.75) is 50.5 Å². The van der Waals surface area contributed by atoms with Gasteiger partial charge in [0, 0.05) is 12.5 Å². The number of amides is 1. The molecule has 154 valence electrons. The molecule has 0 unspecified atom stereocenters. The zero-order valence-corrected chi connectivity index (χ0v) is 16.1. The van der Waals surface area contributed by atoms with Crippen LogP contribution in [0.3, 0.4) is 0 Å². The molecular formula is C22H25NO6. The molecule has 0 spiro atoms. The van der Waals surface area contributed by atoms with Gasteiger partial charge in [0.2, 0.25) is 5.91 Å². The summed E-state index contributed by atoms with van der Waals surface area (Å²) in [6, 6.07) is 18.4. The largest absolute Gasteiger partial charge is 0.388 e. The molecule has 2 aromatic rings. The number of aliphatic hydroxyl groups excluding tert-OH is 1. The number of hydrogen-bond acceptors (Lipinski definition) is 6. The van der Waals surface area contributed by atoms with Crippen molar-refractivity contribution in [1.29, 1.82) is 0 Å². The van der Waals surface area contributed by atoms with E-state index in [0.717, 1.165) is 11.1 Å². The summed E-state index contributed by atoms with van der Waals surface area (Å²) in [7, 11) is 0. The third kappa shape index (κ3) is 4.66. The van der Waals surface area contributed by atoms with Gasteiger partial charge >= 0.3 is 0 Å². The van der Waals surface area contributed by atoms with Crippen LogP contribution >= 0.6 is 0 Å². The molecule has 2 saturated heterocycles. The molecule has 2 N–H and O–H groups in total. The molecule has 2 fully saturated rings. The fraction of sp³-hybridized carbons (Fsp3) is 0.409. The van der Waals surface area contributed by atoms with E-state index >= 15 is 0 Å². The summed E-state index contributed by atoms with van der Waals surface area (Å²) >= 11 is 0. The van der Waals surface area contributed by atoms with Gasteiger partial charge in [0.25, 0.3) is 0 Å². The van der Waals surface area contributed by atoms with Gasteiger partial charge in [-0.3, -0.25) is 4.79 Å². The predicted molar refractivity (Wildman–Crippen MR) is 104 cm³/mol. The molecule has 0 aliphatic carbocycles. The number of nitrogens with one attached hydrogen (secondary N) is 1. The Morgan fingerprint density at radius 2 is 1.79 bits per heavy atom. The standard InChI is InChI=1S/C22H25NO6/c1-14(24)23-18-19(25)20-17(13-27-21(29-20)16-10-6-3-7-11-16)28-22(18)26-12-15-8-4-2-5-9-15/h2-11,17-22,25H,12-13H2,1H3,(H,23,24)/t17-,18-,19-,20+,21-,22+/m1/s1. The van der Waals surface area contributed by atoms with Crippen LogP contribution in [0.15, 0.2) is 60.7 Å². The van der Waals surface area contributed by atoms with Gasteiger partial charge in [-0.15, -0.1) is 0 Å². The van der Waals surface area contributed by atoms with Crippen molar-refractivity contribution in [3.63, 3.8) is 0 Å². The Labute approximate surface area is 169 Å². The Morgan fingerprint density at radius 1 is 1.10 bits per heavy atom. The van der Waals surface area contributed by atoms with Crippen molar-refractivity contribution in [2.75, 3.05) is 6.61 Å². The molecule has 0 radical (unpaired) electrons. The highest BCUT2D eigenvalue weighted by molar-refractivity contribution is 5.73. The fourth-order valence-electron chi connectivity index (χ4n) is 3.65. The number of benzene rings is 2. The second-order valence-corrected chi connectivity index (χ2v) is 7.23. The van der Waals surface area contributed by atoms with Crippen molar-refractivity contribution in [3.05, 3.63) is 71.8 Å². The lowest BCUT2D eigenvalue weighted by Gasteiger charge is -2.47. The molecule has 7 nitrogen and oxygen atoms in total. The van der Waals surface area contributed by atoms with E-state index in [0.29, 0.717) is 6.61 Å². The van der Waals surface area contributed by atoms with Crippen LogP contribution in [-0.2, 0) is 30.3 Å². The highest BCUT2D eigenvalue weighted by Gasteiger charge is 2.50. The second kappa shape index (κ2) is 9.02. The van der Waals surface area contributed by atoms with Crippen LogP contribution in [0, 0.1) is 0 Å². The van der Waals surface area contributed by atoms with E-state index in [-0.39, 0.29) is 12.5 Å². The Morgan fingerprint density at radius 3 is 2.48 bits per heavy atom. The minimum absolute atomic E-state index is 0.249. The molecule has 2 aliphatic heterocycles. The van der Waals surface area contributed by atoms with E-state index in [4.69, 9.17) is 18.9 Å². The Kier molecular flexibility index (Phi) is 6.22. The zero-order chi connectivity index (χ0) is 20.2. The topological polar surface area (TPSA) is 86.3 Å². The van der Waals surface area contributed by atoms with E-state index in [1.54, 1.807) is 0 Å². The van der Waals surface area contributed by atoms with E-state index in [2.05, 4.69) is 5.32 Å². The number of rotatable bonds is 5. The first-order chi connectivity index (χ1) is 14.1. The fourth-order valence-corrected chi connectivity index (χ4v) is 3.65. The summed E-state index contributed by atoms with van der Waals surface area (Å²) in [6.45, 7) is 1.93. The molecule has 0 bridgehead atoms. The van der Waals surface area contributed by atoms with Gasteiger partial charge in [-0.1, -0.05) is 60.7 Å². The maximum atomic E-state index is 11.7. The third-order valence-corrected chi connectivity index (χ3v) is 5.06. The molecule has 2 aliphatic rings. The average Bonchev–Trinajstić information content (AvgIpc) is 2.75. The molecule has 7 heteroatoms. The molecule has 0 aromatic heterocycles. The van der Waals surface area contributed by atoms with Gasteiger partial charge in [0.05, 0.1) is 13.2 Å². The quantitative estimate of drug-likeness (QED) is 0.799. The predicted octanol–water partition coefficient (Wildman–Crippen LogP) is 1.91. The number of hydrogen-bond donors (Lipinski definition) is 2. The SMILES string of the molecule is CC(=O)N[C@H]1[C@@H](OCc2ccccc2)O[C@@H]2CO[C@@H](c3ccccc3)O[C@@H]2[C@@H]1O. The normalized spacial score (nSPS) is 31.7. The molecule has 2 heterocycles. The summed E-state index contributed by atoms with van der Waals surface area (Å²) in [5.41, 5.74) is 1.83. The lowest BCUT2D eigenvalue weighted by atomic mass is 9.95. The maximum absolute atomic E-state index is 11.7. The molecule has 2 aromatic carbocycles. The molecular weight excluding hydrogens is 374 g/mol. The number of carbonyl (C=O) groups excluding carboxylic acids is 1. The lowest BCUT2D eigenvalue weighted by Crippen LogP contribution is -2.66. The summed E-state index contributed by atoms with van der Waals surface area (Å²) in [6.07, 6.45) is -3.59. The smallest absolute Gasteiger partial charge is 0.217 e. The van der Waals surface area contributed by atoms with Gasteiger partial charge in [-0.05, 0) is 5.56 Å². The van der Waals surface area contributed by atoms with Crippen molar-refractivity contribution in [3.8, 4) is 0 Å². The van der Waals surface area contributed by atoms with E-state index < -0.39 is 36.9 Å². The van der Waals surface area contributed by atoms with Gasteiger partial charge < -0.3 is 29.4 Å². The van der Waals surface area contributed by atoms with Crippen LogP contribution < -0.4 is 5.32 Å². The summed E-state index contributed by atoms with van der Waals surface area (Å²) in [5.74, 6) is -0.281.